The zero-order valence-corrected chi connectivity index (χ0v) is 22.5. The molecule has 190 valence electrons. The van der Waals surface area contributed by atoms with E-state index in [9.17, 15) is 0 Å². The van der Waals surface area contributed by atoms with Gasteiger partial charge < -0.3 is 8.98 Å². The van der Waals surface area contributed by atoms with Crippen molar-refractivity contribution in [2.45, 2.75) is 13.8 Å². The quantitative estimate of drug-likeness (QED) is 0.230. The van der Waals surface area contributed by atoms with E-state index in [-0.39, 0.29) is 0 Å². The minimum Gasteiger partial charge on any atom is -0.456 e. The van der Waals surface area contributed by atoms with E-state index >= 15 is 0 Å². The third kappa shape index (κ3) is 3.50. The first kappa shape index (κ1) is 22.9. The monoisotopic (exact) mass is 513 g/mol. The SMILES string of the molecule is Cc1ccc2c(c1)c1cc(C)ccc1n2-c1ccccc1-c1cccc(-c2ccc3oc4ccccc4c3c2)c1. The van der Waals surface area contributed by atoms with Crippen molar-refractivity contribution in [3.8, 4) is 27.9 Å². The molecule has 8 aromatic rings. The second-order valence-electron chi connectivity index (χ2n) is 10.8. The summed E-state index contributed by atoms with van der Waals surface area (Å²) in [7, 11) is 0. The van der Waals surface area contributed by atoms with Gasteiger partial charge in [-0.25, -0.2) is 0 Å². The van der Waals surface area contributed by atoms with E-state index in [1.54, 1.807) is 0 Å². The highest BCUT2D eigenvalue weighted by atomic mass is 16.3. The molecule has 2 nitrogen and oxygen atoms in total. The number of rotatable bonds is 3. The molecule has 2 heteroatoms. The number of aromatic nitrogens is 1. The molecule has 0 aliphatic carbocycles. The van der Waals surface area contributed by atoms with Crippen molar-refractivity contribution in [3.05, 3.63) is 139 Å². The molecule has 0 saturated heterocycles. The average Bonchev–Trinajstić information content (AvgIpc) is 3.52. The smallest absolute Gasteiger partial charge is 0.135 e. The summed E-state index contributed by atoms with van der Waals surface area (Å²) < 4.78 is 8.50. The lowest BCUT2D eigenvalue weighted by Crippen LogP contribution is -1.97. The second-order valence-corrected chi connectivity index (χ2v) is 10.8. The molecule has 0 aliphatic heterocycles. The van der Waals surface area contributed by atoms with Gasteiger partial charge in [-0.3, -0.25) is 0 Å². The Morgan fingerprint density at radius 3 is 1.90 bits per heavy atom. The van der Waals surface area contributed by atoms with Crippen molar-refractivity contribution in [1.82, 2.24) is 4.57 Å². The maximum atomic E-state index is 6.08. The van der Waals surface area contributed by atoms with E-state index in [0.29, 0.717) is 0 Å². The maximum absolute atomic E-state index is 6.08. The molecule has 0 unspecified atom stereocenters. The summed E-state index contributed by atoms with van der Waals surface area (Å²) in [6, 6.07) is 46.0. The zero-order chi connectivity index (χ0) is 26.8. The van der Waals surface area contributed by atoms with Gasteiger partial charge in [0.05, 0.1) is 16.7 Å². The van der Waals surface area contributed by atoms with E-state index in [1.807, 2.05) is 12.1 Å². The van der Waals surface area contributed by atoms with E-state index in [0.717, 1.165) is 21.9 Å². The third-order valence-electron chi connectivity index (χ3n) is 8.10. The second kappa shape index (κ2) is 8.72. The van der Waals surface area contributed by atoms with Crippen molar-refractivity contribution in [2.24, 2.45) is 0 Å². The number of fused-ring (bicyclic) bond motifs is 6. The van der Waals surface area contributed by atoms with Crippen LogP contribution in [0.4, 0.5) is 0 Å². The van der Waals surface area contributed by atoms with E-state index < -0.39 is 0 Å². The third-order valence-corrected chi connectivity index (χ3v) is 8.10. The molecule has 0 bridgehead atoms. The van der Waals surface area contributed by atoms with Crippen LogP contribution in [0, 0.1) is 13.8 Å². The standard InChI is InChI=1S/C38H27NO/c1-24-14-17-35-31(20-24)32-21-25(2)15-18-36(32)39(35)34-12-5-3-10-29(34)28-9-7-8-26(22-28)27-16-19-38-33(23-27)30-11-4-6-13-37(30)40-38/h3-23H,1-2H3. The van der Waals surface area contributed by atoms with Crippen LogP contribution in [0.1, 0.15) is 11.1 Å². The van der Waals surface area contributed by atoms with Crippen molar-refractivity contribution in [1.29, 1.82) is 0 Å². The van der Waals surface area contributed by atoms with Gasteiger partial charge in [0.1, 0.15) is 11.2 Å². The number of furan rings is 1. The van der Waals surface area contributed by atoms with Gasteiger partial charge in [-0.15, -0.1) is 0 Å². The first-order chi connectivity index (χ1) is 19.6. The number of hydrogen-bond acceptors (Lipinski definition) is 1. The molecular weight excluding hydrogens is 486 g/mol. The van der Waals surface area contributed by atoms with Crippen molar-refractivity contribution in [3.63, 3.8) is 0 Å². The van der Waals surface area contributed by atoms with Crippen LogP contribution in [0.2, 0.25) is 0 Å². The minimum atomic E-state index is 0.920. The van der Waals surface area contributed by atoms with Crippen LogP contribution in [-0.2, 0) is 0 Å². The van der Waals surface area contributed by atoms with Crippen molar-refractivity contribution >= 4 is 43.7 Å². The summed E-state index contributed by atoms with van der Waals surface area (Å²) in [4.78, 5) is 0. The Morgan fingerprint density at radius 1 is 0.450 bits per heavy atom. The molecule has 0 spiro atoms. The molecule has 8 rings (SSSR count). The van der Waals surface area contributed by atoms with Gasteiger partial charge in [0.2, 0.25) is 0 Å². The molecule has 2 heterocycles. The Bertz CT molecular complexity index is 2190. The molecule has 0 radical (unpaired) electrons. The zero-order valence-electron chi connectivity index (χ0n) is 22.5. The predicted octanol–water partition coefficient (Wildman–Crippen LogP) is 10.6. The number of benzene rings is 6. The van der Waals surface area contributed by atoms with Gasteiger partial charge in [0, 0.05) is 27.1 Å². The summed E-state index contributed by atoms with van der Waals surface area (Å²) >= 11 is 0. The molecule has 0 saturated carbocycles. The van der Waals surface area contributed by atoms with Gasteiger partial charge in [0.25, 0.3) is 0 Å². The normalized spacial score (nSPS) is 11.8. The highest BCUT2D eigenvalue weighted by Gasteiger charge is 2.16. The highest BCUT2D eigenvalue weighted by molar-refractivity contribution is 6.10. The topological polar surface area (TPSA) is 18.1 Å². The van der Waals surface area contributed by atoms with Crippen LogP contribution >= 0.6 is 0 Å². The van der Waals surface area contributed by atoms with Gasteiger partial charge in [0.15, 0.2) is 0 Å². The van der Waals surface area contributed by atoms with Crippen LogP contribution in [0.5, 0.6) is 0 Å². The van der Waals surface area contributed by atoms with Crippen LogP contribution in [-0.4, -0.2) is 4.57 Å². The molecule has 0 fully saturated rings. The summed E-state index contributed by atoms with van der Waals surface area (Å²) in [6.07, 6.45) is 0. The average molecular weight is 514 g/mol. The molecule has 0 amide bonds. The van der Waals surface area contributed by atoms with Crippen LogP contribution in [0.15, 0.2) is 132 Å². The molecule has 0 atom stereocenters. The van der Waals surface area contributed by atoms with Gasteiger partial charge in [-0.05, 0) is 85.1 Å². The summed E-state index contributed by atoms with van der Waals surface area (Å²) in [5.74, 6) is 0. The molecular formula is C38H27NO. The van der Waals surface area contributed by atoms with E-state index in [2.05, 4.69) is 134 Å². The molecule has 6 aromatic carbocycles. The molecule has 2 aromatic heterocycles. The van der Waals surface area contributed by atoms with Crippen molar-refractivity contribution in [2.75, 3.05) is 0 Å². The summed E-state index contributed by atoms with van der Waals surface area (Å²) in [6.45, 7) is 4.34. The largest absolute Gasteiger partial charge is 0.456 e. The van der Waals surface area contributed by atoms with Crippen LogP contribution in [0.3, 0.4) is 0 Å². The fraction of sp³-hybridized carbons (Fsp3) is 0.0526. The Kier molecular flexibility index (Phi) is 4.99. The fourth-order valence-electron chi connectivity index (χ4n) is 6.20. The molecule has 40 heavy (non-hydrogen) atoms. The lowest BCUT2D eigenvalue weighted by atomic mass is 9.97. The maximum Gasteiger partial charge on any atom is 0.135 e. The highest BCUT2D eigenvalue weighted by Crippen LogP contribution is 2.38. The molecule has 0 N–H and O–H groups in total. The van der Waals surface area contributed by atoms with Crippen LogP contribution < -0.4 is 0 Å². The van der Waals surface area contributed by atoms with Crippen molar-refractivity contribution < 1.29 is 4.42 Å². The first-order valence-electron chi connectivity index (χ1n) is 13.8. The predicted molar refractivity (Wildman–Crippen MR) is 168 cm³/mol. The number of aryl methyl sites for hydroxylation is 2. The Balaban J connectivity index is 1.32. The van der Waals surface area contributed by atoms with Gasteiger partial charge in [-0.2, -0.15) is 0 Å². The van der Waals surface area contributed by atoms with Gasteiger partial charge >= 0.3 is 0 Å². The number of para-hydroxylation sites is 2. The van der Waals surface area contributed by atoms with E-state index in [1.165, 1.54) is 60.9 Å². The fourth-order valence-corrected chi connectivity index (χ4v) is 6.20. The van der Waals surface area contributed by atoms with E-state index in [4.69, 9.17) is 4.42 Å². The van der Waals surface area contributed by atoms with Crippen LogP contribution in [0.25, 0.3) is 71.7 Å². The lowest BCUT2D eigenvalue weighted by Gasteiger charge is -2.15. The Hall–Kier alpha value is -5.08. The number of nitrogens with zero attached hydrogens (tertiary/aromatic N) is 1. The van der Waals surface area contributed by atoms with Gasteiger partial charge in [-0.1, -0.05) is 83.9 Å². The summed E-state index contributed by atoms with van der Waals surface area (Å²) in [5, 5.41) is 4.89. The Morgan fingerprint density at radius 2 is 1.10 bits per heavy atom. The molecule has 0 aliphatic rings. The summed E-state index contributed by atoms with van der Waals surface area (Å²) in [5.41, 5.74) is 12.8. The number of hydrogen-bond donors (Lipinski definition) is 0. The first-order valence-corrected chi connectivity index (χ1v) is 13.8. The Labute approximate surface area is 232 Å². The lowest BCUT2D eigenvalue weighted by molar-refractivity contribution is 0.669. The minimum absolute atomic E-state index is 0.920.